The van der Waals surface area contributed by atoms with Crippen molar-refractivity contribution >= 4 is 11.7 Å². The molecule has 2 saturated heterocycles. The fourth-order valence-corrected chi connectivity index (χ4v) is 6.01. The van der Waals surface area contributed by atoms with E-state index in [1.165, 1.54) is 0 Å². The van der Waals surface area contributed by atoms with Crippen molar-refractivity contribution in [1.82, 2.24) is 5.32 Å². The van der Waals surface area contributed by atoms with Crippen LogP contribution in [0.2, 0.25) is 0 Å². The normalized spacial score (nSPS) is 48.0. The maximum absolute atomic E-state index is 13.8. The smallest absolute Gasteiger partial charge is 0.235 e. The van der Waals surface area contributed by atoms with Gasteiger partial charge in [0.25, 0.3) is 0 Å². The molecule has 6 heteroatoms. The minimum absolute atomic E-state index is 0.0840. The quantitative estimate of drug-likeness (QED) is 0.372. The summed E-state index contributed by atoms with van der Waals surface area (Å²) in [4.78, 5) is 27.3. The van der Waals surface area contributed by atoms with Gasteiger partial charge in [0.2, 0.25) is 5.91 Å². The minimum Gasteiger partial charge on any atom is -0.390 e. The first-order valence-corrected chi connectivity index (χ1v) is 10.9. The molecule has 0 radical (unpaired) electrons. The van der Waals surface area contributed by atoms with Crippen molar-refractivity contribution in [2.45, 2.75) is 83.3 Å². The molecular weight excluding hydrogens is 370 g/mol. The topological polar surface area (TPSA) is 99.2 Å². The Bertz CT molecular complexity index is 773. The summed E-state index contributed by atoms with van der Waals surface area (Å²) in [7, 11) is 0. The average molecular weight is 404 g/mol. The van der Waals surface area contributed by atoms with Gasteiger partial charge in [-0.05, 0) is 39.0 Å². The fourth-order valence-electron chi connectivity index (χ4n) is 6.01. The molecule has 0 aromatic rings. The summed E-state index contributed by atoms with van der Waals surface area (Å²) < 4.78 is 5.73. The molecule has 160 valence electrons. The molecule has 0 bridgehead atoms. The molecule has 2 aliphatic carbocycles. The van der Waals surface area contributed by atoms with Gasteiger partial charge in [-0.25, -0.2) is 0 Å². The highest BCUT2D eigenvalue weighted by atomic mass is 16.6. The van der Waals surface area contributed by atoms with Crippen LogP contribution >= 0.6 is 0 Å². The Labute approximate surface area is 172 Å². The third kappa shape index (κ3) is 3.03. The number of Topliss-reactive ketones (excluding diaryl/α,β-unsaturated/α-hetero) is 1. The first kappa shape index (κ1) is 20.8. The molecule has 8 atom stereocenters. The lowest BCUT2D eigenvalue weighted by molar-refractivity contribution is -0.149. The third-order valence-electron chi connectivity index (χ3n) is 7.55. The second kappa shape index (κ2) is 7.03. The van der Waals surface area contributed by atoms with Gasteiger partial charge < -0.3 is 20.3 Å². The van der Waals surface area contributed by atoms with Crippen LogP contribution in [-0.4, -0.2) is 51.9 Å². The van der Waals surface area contributed by atoms with E-state index < -0.39 is 29.1 Å². The molecule has 29 heavy (non-hydrogen) atoms. The molecule has 4 rings (SSSR count). The van der Waals surface area contributed by atoms with Crippen molar-refractivity contribution in [1.29, 1.82) is 0 Å². The molecule has 0 aromatic heterocycles. The van der Waals surface area contributed by atoms with Crippen molar-refractivity contribution in [3.8, 4) is 0 Å². The van der Waals surface area contributed by atoms with Crippen LogP contribution in [0.15, 0.2) is 23.8 Å². The van der Waals surface area contributed by atoms with Crippen LogP contribution < -0.4 is 5.32 Å². The van der Waals surface area contributed by atoms with Crippen LogP contribution in [0.3, 0.4) is 0 Å². The van der Waals surface area contributed by atoms with Crippen molar-refractivity contribution in [3.63, 3.8) is 0 Å². The van der Waals surface area contributed by atoms with E-state index in [2.05, 4.69) is 19.2 Å². The van der Waals surface area contributed by atoms with E-state index in [-0.39, 0.29) is 36.2 Å². The average Bonchev–Trinajstić information content (AvgIpc) is 3.19. The minimum atomic E-state index is -1.39. The lowest BCUT2D eigenvalue weighted by atomic mass is 9.55. The molecule has 0 aromatic carbocycles. The summed E-state index contributed by atoms with van der Waals surface area (Å²) >= 11 is 0. The number of ketones is 1. The van der Waals surface area contributed by atoms with Crippen LogP contribution in [0.5, 0.6) is 0 Å². The van der Waals surface area contributed by atoms with E-state index in [9.17, 15) is 19.8 Å². The van der Waals surface area contributed by atoms with Gasteiger partial charge in [-0.3, -0.25) is 9.59 Å². The molecule has 1 amide bonds. The predicted octanol–water partition coefficient (Wildman–Crippen LogP) is 1.90. The number of carbonyl (C=O) groups excluding carboxylic acids is 2. The van der Waals surface area contributed by atoms with Gasteiger partial charge in [0.1, 0.15) is 11.0 Å². The van der Waals surface area contributed by atoms with E-state index in [0.717, 1.165) is 18.4 Å². The van der Waals surface area contributed by atoms with Gasteiger partial charge in [-0.1, -0.05) is 37.6 Å². The van der Waals surface area contributed by atoms with Gasteiger partial charge in [0.05, 0.1) is 18.3 Å². The standard InChI is InChI=1S/C23H33NO5/c1-12(2)9-15-20-13(3)10-16(25)14-7-5-6-8-19-22(4,29-19)17(26)11-18(27)23(14,20)21(28)24-15/h5,7,10,12,14-17,19-20,25-26H,6,8-9,11H2,1-4H3,(H,24,28)/b7-5-. The van der Waals surface area contributed by atoms with E-state index in [4.69, 9.17) is 4.74 Å². The Kier molecular flexibility index (Phi) is 5.03. The van der Waals surface area contributed by atoms with Gasteiger partial charge in [-0.15, -0.1) is 0 Å². The molecule has 6 nitrogen and oxygen atoms in total. The monoisotopic (exact) mass is 403 g/mol. The Hall–Kier alpha value is -1.50. The molecule has 2 aliphatic heterocycles. The number of ether oxygens (including phenoxy) is 1. The Balaban J connectivity index is 1.82. The molecule has 2 fully saturated rings. The van der Waals surface area contributed by atoms with Gasteiger partial charge in [0.15, 0.2) is 5.78 Å². The van der Waals surface area contributed by atoms with Crippen LogP contribution in [0, 0.1) is 23.2 Å². The van der Waals surface area contributed by atoms with Crippen LogP contribution in [-0.2, 0) is 14.3 Å². The van der Waals surface area contributed by atoms with E-state index in [1.54, 1.807) is 6.08 Å². The molecule has 4 aliphatic rings. The van der Waals surface area contributed by atoms with Crippen LogP contribution in [0.25, 0.3) is 0 Å². The van der Waals surface area contributed by atoms with Crippen LogP contribution in [0.1, 0.15) is 53.4 Å². The molecule has 3 N–H and O–H groups in total. The largest absolute Gasteiger partial charge is 0.390 e. The first-order valence-electron chi connectivity index (χ1n) is 10.9. The van der Waals surface area contributed by atoms with Crippen molar-refractivity contribution < 1.29 is 24.5 Å². The maximum Gasteiger partial charge on any atom is 0.235 e. The summed E-state index contributed by atoms with van der Waals surface area (Å²) in [6, 6.07) is -0.158. The predicted molar refractivity (Wildman–Crippen MR) is 108 cm³/mol. The fraction of sp³-hybridized carbons (Fsp3) is 0.739. The lowest BCUT2D eigenvalue weighted by Gasteiger charge is -2.44. The number of rotatable bonds is 2. The number of carbonyl (C=O) groups is 2. The number of amides is 1. The summed E-state index contributed by atoms with van der Waals surface area (Å²) in [5, 5.41) is 24.8. The highest BCUT2D eigenvalue weighted by Gasteiger charge is 2.67. The molecule has 1 spiro atoms. The summed E-state index contributed by atoms with van der Waals surface area (Å²) in [5.74, 6) is -1.20. The number of hydrogen-bond acceptors (Lipinski definition) is 5. The zero-order chi connectivity index (χ0) is 21.1. The zero-order valence-electron chi connectivity index (χ0n) is 17.7. The van der Waals surface area contributed by atoms with Gasteiger partial charge >= 0.3 is 0 Å². The van der Waals surface area contributed by atoms with Crippen molar-refractivity contribution in [3.05, 3.63) is 23.8 Å². The van der Waals surface area contributed by atoms with Gasteiger partial charge in [0, 0.05) is 24.3 Å². The zero-order valence-corrected chi connectivity index (χ0v) is 17.7. The molecule has 2 heterocycles. The number of aliphatic hydroxyl groups is 2. The molecule has 0 saturated carbocycles. The van der Waals surface area contributed by atoms with E-state index >= 15 is 0 Å². The molecule has 8 unspecified atom stereocenters. The van der Waals surface area contributed by atoms with Gasteiger partial charge in [-0.2, -0.15) is 0 Å². The Morgan fingerprint density at radius 3 is 2.72 bits per heavy atom. The molecular formula is C23H33NO5. The summed E-state index contributed by atoms with van der Waals surface area (Å²) in [6.45, 7) is 7.93. The number of aliphatic hydroxyl groups excluding tert-OH is 2. The SMILES string of the molecule is CC1=CC(O)C2/C=C\CCC3OC3(C)C(O)CC(=O)C23C(=O)NC(CC(C)C)C13. The van der Waals surface area contributed by atoms with E-state index in [1.807, 2.05) is 26.0 Å². The van der Waals surface area contributed by atoms with Crippen LogP contribution in [0.4, 0.5) is 0 Å². The second-order valence-electron chi connectivity index (χ2n) is 9.92. The first-order chi connectivity index (χ1) is 13.6. The maximum atomic E-state index is 13.8. The third-order valence-corrected chi connectivity index (χ3v) is 7.55. The number of allylic oxidation sites excluding steroid dienone is 1. The van der Waals surface area contributed by atoms with Crippen molar-refractivity contribution in [2.75, 3.05) is 0 Å². The number of epoxide rings is 1. The summed E-state index contributed by atoms with van der Waals surface area (Å²) in [6.07, 6.45) is 5.73. The highest BCUT2D eigenvalue weighted by Crippen LogP contribution is 2.55. The van der Waals surface area contributed by atoms with Crippen molar-refractivity contribution in [2.24, 2.45) is 23.2 Å². The lowest BCUT2D eigenvalue weighted by Crippen LogP contribution is -2.55. The van der Waals surface area contributed by atoms with E-state index in [0.29, 0.717) is 12.3 Å². The highest BCUT2D eigenvalue weighted by molar-refractivity contribution is 6.09. The second-order valence-corrected chi connectivity index (χ2v) is 9.92. The summed E-state index contributed by atoms with van der Waals surface area (Å²) in [5.41, 5.74) is -1.25. The number of fused-ring (bicyclic) bond motifs is 1. The Morgan fingerprint density at radius 1 is 1.31 bits per heavy atom. The number of hydrogen-bond donors (Lipinski definition) is 3. The number of nitrogens with one attached hydrogen (secondary N) is 1. The Morgan fingerprint density at radius 2 is 2.03 bits per heavy atom.